The van der Waals surface area contributed by atoms with Crippen molar-refractivity contribution in [2.75, 3.05) is 11.4 Å². The zero-order chi connectivity index (χ0) is 12.4. The molecule has 1 aromatic rings. The monoisotopic (exact) mass is 236 g/mol. The van der Waals surface area contributed by atoms with Crippen LogP contribution in [0.4, 0.5) is 11.5 Å². The molecule has 0 radical (unpaired) electrons. The Balaban J connectivity index is 2.14. The molecule has 2 N–H and O–H groups in total. The van der Waals surface area contributed by atoms with Crippen LogP contribution in [0.15, 0.2) is 18.3 Å². The molecule has 0 aromatic carbocycles. The third kappa shape index (κ3) is 2.52. The Bertz CT molecular complexity index is 406. The van der Waals surface area contributed by atoms with Crippen molar-refractivity contribution in [3.63, 3.8) is 0 Å². The minimum Gasteiger partial charge on any atom is -0.366 e. The molecule has 92 valence electrons. The summed E-state index contributed by atoms with van der Waals surface area (Å²) in [5.74, 6) is -0.116. The lowest BCUT2D eigenvalue weighted by Gasteiger charge is -2.37. The van der Waals surface area contributed by atoms with Gasteiger partial charge in [-0.1, -0.05) is 0 Å². The van der Waals surface area contributed by atoms with Crippen molar-refractivity contribution in [1.29, 1.82) is 0 Å². The standard InChI is InChI=1S/C11H16N4O2/c1-8-6-9(12)4-5-14(8)10-2-3-11(13-7-10)15(16)17/h2-3,7-9H,4-6,12H2,1H3. The van der Waals surface area contributed by atoms with Crippen LogP contribution >= 0.6 is 0 Å². The molecule has 6 nitrogen and oxygen atoms in total. The minimum atomic E-state index is -0.487. The van der Waals surface area contributed by atoms with Gasteiger partial charge in [0.2, 0.25) is 0 Å². The number of nitrogens with zero attached hydrogens (tertiary/aromatic N) is 3. The Labute approximate surface area is 99.6 Å². The first-order valence-corrected chi connectivity index (χ1v) is 5.70. The largest absolute Gasteiger partial charge is 0.366 e. The highest BCUT2D eigenvalue weighted by Crippen LogP contribution is 2.24. The number of hydrogen-bond donors (Lipinski definition) is 1. The number of nitrogens with two attached hydrogens (primary N) is 1. The first-order valence-electron chi connectivity index (χ1n) is 5.70. The molecule has 1 fully saturated rings. The summed E-state index contributed by atoms with van der Waals surface area (Å²) < 4.78 is 0. The van der Waals surface area contributed by atoms with E-state index in [0.717, 1.165) is 25.1 Å². The second-order valence-electron chi connectivity index (χ2n) is 4.46. The maximum atomic E-state index is 10.5. The summed E-state index contributed by atoms with van der Waals surface area (Å²) >= 11 is 0. The van der Waals surface area contributed by atoms with Gasteiger partial charge in [-0.3, -0.25) is 0 Å². The SMILES string of the molecule is CC1CC(N)CCN1c1ccc([N+](=O)[O-])nc1. The van der Waals surface area contributed by atoms with Crippen molar-refractivity contribution in [2.24, 2.45) is 5.73 Å². The number of hydrogen-bond acceptors (Lipinski definition) is 5. The van der Waals surface area contributed by atoms with Crippen LogP contribution in [0, 0.1) is 10.1 Å². The normalized spacial score (nSPS) is 24.7. The quantitative estimate of drug-likeness (QED) is 0.618. The van der Waals surface area contributed by atoms with Gasteiger partial charge in [-0.2, -0.15) is 0 Å². The van der Waals surface area contributed by atoms with Crippen molar-refractivity contribution in [2.45, 2.75) is 31.8 Å². The average molecular weight is 236 g/mol. The molecule has 0 amide bonds. The molecule has 2 heterocycles. The van der Waals surface area contributed by atoms with Gasteiger partial charge in [-0.05, 0) is 35.7 Å². The van der Waals surface area contributed by atoms with Gasteiger partial charge in [0, 0.05) is 24.7 Å². The minimum absolute atomic E-state index is 0.116. The zero-order valence-electron chi connectivity index (χ0n) is 9.74. The van der Waals surface area contributed by atoms with Gasteiger partial charge < -0.3 is 20.7 Å². The fraction of sp³-hybridized carbons (Fsp3) is 0.545. The first-order chi connectivity index (χ1) is 8.08. The molecular weight excluding hydrogens is 220 g/mol. The highest BCUT2D eigenvalue weighted by molar-refractivity contribution is 5.47. The van der Waals surface area contributed by atoms with E-state index in [1.54, 1.807) is 12.3 Å². The van der Waals surface area contributed by atoms with Crippen molar-refractivity contribution < 1.29 is 4.92 Å². The third-order valence-electron chi connectivity index (χ3n) is 3.17. The Morgan fingerprint density at radius 1 is 1.59 bits per heavy atom. The lowest BCUT2D eigenvalue weighted by molar-refractivity contribution is -0.389. The highest BCUT2D eigenvalue weighted by atomic mass is 16.6. The van der Waals surface area contributed by atoms with E-state index in [2.05, 4.69) is 16.8 Å². The number of anilines is 1. The lowest BCUT2D eigenvalue weighted by atomic mass is 9.99. The Morgan fingerprint density at radius 3 is 2.88 bits per heavy atom. The molecule has 0 aliphatic carbocycles. The van der Waals surface area contributed by atoms with Crippen LogP contribution in [-0.2, 0) is 0 Å². The van der Waals surface area contributed by atoms with E-state index in [-0.39, 0.29) is 11.9 Å². The van der Waals surface area contributed by atoms with E-state index >= 15 is 0 Å². The van der Waals surface area contributed by atoms with Crippen molar-refractivity contribution in [3.05, 3.63) is 28.4 Å². The van der Waals surface area contributed by atoms with Crippen molar-refractivity contribution in [1.82, 2.24) is 4.98 Å². The van der Waals surface area contributed by atoms with Crippen LogP contribution < -0.4 is 10.6 Å². The molecule has 17 heavy (non-hydrogen) atoms. The molecule has 1 saturated heterocycles. The maximum Gasteiger partial charge on any atom is 0.363 e. The van der Waals surface area contributed by atoms with Crippen LogP contribution in [-0.4, -0.2) is 28.5 Å². The maximum absolute atomic E-state index is 10.5. The fourth-order valence-electron chi connectivity index (χ4n) is 2.25. The Hall–Kier alpha value is -1.69. The molecule has 2 atom stereocenters. The topological polar surface area (TPSA) is 85.3 Å². The molecule has 1 aliphatic heterocycles. The van der Waals surface area contributed by atoms with Gasteiger partial charge >= 0.3 is 5.82 Å². The predicted molar refractivity (Wildman–Crippen MR) is 64.9 cm³/mol. The Kier molecular flexibility index (Phi) is 3.23. The molecule has 0 saturated carbocycles. The summed E-state index contributed by atoms with van der Waals surface area (Å²) in [6.45, 7) is 2.99. The van der Waals surface area contributed by atoms with E-state index in [1.807, 2.05) is 0 Å². The number of nitro groups is 1. The molecule has 1 aliphatic rings. The number of pyridine rings is 1. The van der Waals surface area contributed by atoms with Gasteiger partial charge in [-0.15, -0.1) is 0 Å². The number of aromatic nitrogens is 1. The van der Waals surface area contributed by atoms with Crippen LogP contribution in [0.1, 0.15) is 19.8 Å². The molecular formula is C11H16N4O2. The summed E-state index contributed by atoms with van der Waals surface area (Å²) in [6.07, 6.45) is 3.45. The zero-order valence-corrected chi connectivity index (χ0v) is 9.74. The third-order valence-corrected chi connectivity index (χ3v) is 3.17. The second kappa shape index (κ2) is 4.67. The van der Waals surface area contributed by atoms with E-state index in [9.17, 15) is 10.1 Å². The summed E-state index contributed by atoms with van der Waals surface area (Å²) in [5.41, 5.74) is 6.82. The predicted octanol–water partition coefficient (Wildman–Crippen LogP) is 1.31. The van der Waals surface area contributed by atoms with Crippen LogP contribution in [0.3, 0.4) is 0 Å². The second-order valence-corrected chi connectivity index (χ2v) is 4.46. The molecule has 0 spiro atoms. The first kappa shape index (κ1) is 11.8. The van der Waals surface area contributed by atoms with Crippen LogP contribution in [0.25, 0.3) is 0 Å². The highest BCUT2D eigenvalue weighted by Gasteiger charge is 2.24. The van der Waals surface area contributed by atoms with E-state index in [4.69, 9.17) is 5.73 Å². The average Bonchev–Trinajstić information content (AvgIpc) is 2.29. The number of piperidine rings is 1. The smallest absolute Gasteiger partial charge is 0.363 e. The van der Waals surface area contributed by atoms with Crippen molar-refractivity contribution >= 4 is 11.5 Å². The number of rotatable bonds is 2. The van der Waals surface area contributed by atoms with Gasteiger partial charge in [0.25, 0.3) is 0 Å². The molecule has 2 unspecified atom stereocenters. The van der Waals surface area contributed by atoms with Crippen molar-refractivity contribution in [3.8, 4) is 0 Å². The summed E-state index contributed by atoms with van der Waals surface area (Å²) in [6, 6.07) is 3.80. The van der Waals surface area contributed by atoms with Gasteiger partial charge in [-0.25, -0.2) is 0 Å². The lowest BCUT2D eigenvalue weighted by Crippen LogP contribution is -2.45. The van der Waals surface area contributed by atoms with E-state index in [1.165, 1.54) is 6.07 Å². The summed E-state index contributed by atoms with van der Waals surface area (Å²) in [7, 11) is 0. The molecule has 0 bridgehead atoms. The van der Waals surface area contributed by atoms with E-state index < -0.39 is 4.92 Å². The van der Waals surface area contributed by atoms with Gasteiger partial charge in [0.05, 0.1) is 5.69 Å². The van der Waals surface area contributed by atoms with Crippen LogP contribution in [0.2, 0.25) is 0 Å². The summed E-state index contributed by atoms with van der Waals surface area (Å²) in [4.78, 5) is 16.1. The Morgan fingerprint density at radius 2 is 2.35 bits per heavy atom. The van der Waals surface area contributed by atoms with Gasteiger partial charge in [0.1, 0.15) is 0 Å². The molecule has 2 rings (SSSR count). The van der Waals surface area contributed by atoms with E-state index in [0.29, 0.717) is 6.04 Å². The fourth-order valence-corrected chi connectivity index (χ4v) is 2.25. The van der Waals surface area contributed by atoms with Crippen LogP contribution in [0.5, 0.6) is 0 Å². The molecule has 1 aromatic heterocycles. The summed E-state index contributed by atoms with van der Waals surface area (Å²) in [5, 5.41) is 10.5. The molecule has 6 heteroatoms. The van der Waals surface area contributed by atoms with Gasteiger partial charge in [0.15, 0.2) is 6.20 Å².